The SMILES string of the molecule is Cc1cc(NC(C)c2cnn(Cc3ccccc3)c2)ncn1. The van der Waals surface area contributed by atoms with E-state index < -0.39 is 0 Å². The molecule has 1 N–H and O–H groups in total. The number of aromatic nitrogens is 4. The second kappa shape index (κ2) is 6.39. The van der Waals surface area contributed by atoms with Crippen molar-refractivity contribution in [3.8, 4) is 0 Å². The molecule has 0 aliphatic rings. The molecule has 3 rings (SSSR count). The first kappa shape index (κ1) is 14.3. The van der Waals surface area contributed by atoms with Gasteiger partial charge in [-0.25, -0.2) is 9.97 Å². The number of rotatable bonds is 5. The lowest BCUT2D eigenvalue weighted by molar-refractivity contribution is 0.685. The van der Waals surface area contributed by atoms with Gasteiger partial charge in [0.25, 0.3) is 0 Å². The van der Waals surface area contributed by atoms with E-state index >= 15 is 0 Å². The fourth-order valence-electron chi connectivity index (χ4n) is 2.30. The van der Waals surface area contributed by atoms with Gasteiger partial charge in [-0.3, -0.25) is 4.68 Å². The van der Waals surface area contributed by atoms with Crippen LogP contribution < -0.4 is 5.32 Å². The number of hydrogen-bond acceptors (Lipinski definition) is 4. The van der Waals surface area contributed by atoms with Crippen molar-refractivity contribution in [1.29, 1.82) is 0 Å². The molecule has 0 radical (unpaired) electrons. The Kier molecular flexibility index (Phi) is 4.14. The highest BCUT2D eigenvalue weighted by molar-refractivity contribution is 5.37. The number of hydrogen-bond donors (Lipinski definition) is 1. The van der Waals surface area contributed by atoms with Gasteiger partial charge in [-0.2, -0.15) is 5.10 Å². The van der Waals surface area contributed by atoms with E-state index in [1.54, 1.807) is 6.33 Å². The van der Waals surface area contributed by atoms with Crippen molar-refractivity contribution in [2.24, 2.45) is 0 Å². The number of nitrogens with one attached hydrogen (secondary N) is 1. The summed E-state index contributed by atoms with van der Waals surface area (Å²) < 4.78 is 1.95. The van der Waals surface area contributed by atoms with E-state index in [2.05, 4.69) is 45.6 Å². The van der Waals surface area contributed by atoms with E-state index in [0.717, 1.165) is 23.6 Å². The first-order chi connectivity index (χ1) is 10.7. The Labute approximate surface area is 130 Å². The van der Waals surface area contributed by atoms with Crippen molar-refractivity contribution < 1.29 is 0 Å². The average Bonchev–Trinajstić information content (AvgIpc) is 2.97. The van der Waals surface area contributed by atoms with Crippen LogP contribution in [0, 0.1) is 6.92 Å². The lowest BCUT2D eigenvalue weighted by atomic mass is 10.2. The fourth-order valence-corrected chi connectivity index (χ4v) is 2.30. The molecule has 0 bridgehead atoms. The first-order valence-corrected chi connectivity index (χ1v) is 7.32. The summed E-state index contributed by atoms with van der Waals surface area (Å²) in [6.45, 7) is 4.83. The van der Waals surface area contributed by atoms with Gasteiger partial charge < -0.3 is 5.32 Å². The highest BCUT2D eigenvalue weighted by Crippen LogP contribution is 2.17. The van der Waals surface area contributed by atoms with Crippen LogP contribution in [0.5, 0.6) is 0 Å². The second-order valence-corrected chi connectivity index (χ2v) is 5.37. The Bertz CT molecular complexity index is 736. The molecule has 1 unspecified atom stereocenters. The molecule has 0 fully saturated rings. The van der Waals surface area contributed by atoms with Gasteiger partial charge in [-0.1, -0.05) is 30.3 Å². The van der Waals surface area contributed by atoms with Crippen LogP contribution in [0.4, 0.5) is 5.82 Å². The zero-order chi connectivity index (χ0) is 15.4. The topological polar surface area (TPSA) is 55.6 Å². The molecule has 3 aromatic rings. The van der Waals surface area contributed by atoms with Crippen molar-refractivity contribution in [3.05, 3.63) is 71.9 Å². The van der Waals surface area contributed by atoms with E-state index in [1.165, 1.54) is 5.56 Å². The molecule has 0 spiro atoms. The highest BCUT2D eigenvalue weighted by Gasteiger charge is 2.09. The van der Waals surface area contributed by atoms with E-state index in [0.29, 0.717) is 0 Å². The van der Waals surface area contributed by atoms with Gasteiger partial charge in [0.05, 0.1) is 18.8 Å². The van der Waals surface area contributed by atoms with Crippen molar-refractivity contribution in [2.45, 2.75) is 26.4 Å². The predicted octanol–water partition coefficient (Wildman–Crippen LogP) is 3.20. The molecule has 2 heterocycles. The maximum Gasteiger partial charge on any atom is 0.130 e. The average molecular weight is 293 g/mol. The van der Waals surface area contributed by atoms with Crippen LogP contribution in [0.2, 0.25) is 0 Å². The summed E-state index contributed by atoms with van der Waals surface area (Å²) in [5, 5.41) is 7.81. The van der Waals surface area contributed by atoms with E-state index in [-0.39, 0.29) is 6.04 Å². The van der Waals surface area contributed by atoms with Crippen molar-refractivity contribution in [2.75, 3.05) is 5.32 Å². The minimum atomic E-state index is 0.138. The minimum Gasteiger partial charge on any atom is -0.363 e. The Morgan fingerprint density at radius 2 is 2.00 bits per heavy atom. The van der Waals surface area contributed by atoms with E-state index in [1.807, 2.05) is 42.1 Å². The molecular formula is C17H19N5. The van der Waals surface area contributed by atoms with Crippen molar-refractivity contribution in [1.82, 2.24) is 19.7 Å². The van der Waals surface area contributed by atoms with Gasteiger partial charge in [-0.05, 0) is 19.4 Å². The van der Waals surface area contributed by atoms with Gasteiger partial charge in [0.1, 0.15) is 12.1 Å². The molecule has 1 atom stereocenters. The molecule has 0 aliphatic carbocycles. The summed E-state index contributed by atoms with van der Waals surface area (Å²) >= 11 is 0. The molecule has 22 heavy (non-hydrogen) atoms. The van der Waals surface area contributed by atoms with Crippen LogP contribution in [-0.4, -0.2) is 19.7 Å². The van der Waals surface area contributed by atoms with Gasteiger partial charge >= 0.3 is 0 Å². The first-order valence-electron chi connectivity index (χ1n) is 7.32. The number of anilines is 1. The van der Waals surface area contributed by atoms with Crippen molar-refractivity contribution in [3.63, 3.8) is 0 Å². The summed E-state index contributed by atoms with van der Waals surface area (Å²) in [5.74, 6) is 0.829. The molecule has 2 aromatic heterocycles. The zero-order valence-electron chi connectivity index (χ0n) is 12.8. The normalized spacial score (nSPS) is 12.1. The van der Waals surface area contributed by atoms with Gasteiger partial charge in [0.15, 0.2) is 0 Å². The molecule has 0 saturated carbocycles. The lowest BCUT2D eigenvalue weighted by Gasteiger charge is -2.12. The Morgan fingerprint density at radius 3 is 2.77 bits per heavy atom. The molecule has 0 saturated heterocycles. The summed E-state index contributed by atoms with van der Waals surface area (Å²) in [6, 6.07) is 12.4. The van der Waals surface area contributed by atoms with E-state index in [9.17, 15) is 0 Å². The second-order valence-electron chi connectivity index (χ2n) is 5.37. The Morgan fingerprint density at radius 1 is 1.18 bits per heavy atom. The maximum atomic E-state index is 4.44. The molecule has 5 heteroatoms. The fraction of sp³-hybridized carbons (Fsp3) is 0.235. The Hall–Kier alpha value is -2.69. The largest absolute Gasteiger partial charge is 0.363 e. The van der Waals surface area contributed by atoms with Gasteiger partial charge in [0, 0.05) is 23.5 Å². The summed E-state index contributed by atoms with van der Waals surface area (Å²) in [6.07, 6.45) is 5.54. The standard InChI is InChI=1S/C17H19N5/c1-13-8-17(19-12-18-13)21-14(2)16-9-20-22(11-16)10-15-6-4-3-5-7-15/h3-9,11-12,14H,10H2,1-2H3,(H,18,19,21). The van der Waals surface area contributed by atoms with Crippen LogP contribution in [0.1, 0.15) is 29.8 Å². The number of aryl methyl sites for hydroxylation is 1. The van der Waals surface area contributed by atoms with Crippen LogP contribution in [-0.2, 0) is 6.54 Å². The molecule has 112 valence electrons. The third-order valence-corrected chi connectivity index (χ3v) is 3.51. The van der Waals surface area contributed by atoms with Crippen LogP contribution in [0.25, 0.3) is 0 Å². The number of benzene rings is 1. The van der Waals surface area contributed by atoms with Gasteiger partial charge in [-0.15, -0.1) is 0 Å². The number of nitrogens with zero attached hydrogens (tertiary/aromatic N) is 4. The monoisotopic (exact) mass is 293 g/mol. The lowest BCUT2D eigenvalue weighted by Crippen LogP contribution is -2.08. The van der Waals surface area contributed by atoms with Gasteiger partial charge in [0.2, 0.25) is 0 Å². The highest BCUT2D eigenvalue weighted by atomic mass is 15.3. The molecular weight excluding hydrogens is 274 g/mol. The summed E-state index contributed by atoms with van der Waals surface area (Å²) in [7, 11) is 0. The zero-order valence-corrected chi connectivity index (χ0v) is 12.8. The summed E-state index contributed by atoms with van der Waals surface area (Å²) in [4.78, 5) is 8.33. The molecule has 0 aliphatic heterocycles. The van der Waals surface area contributed by atoms with Crippen LogP contribution in [0.3, 0.4) is 0 Å². The smallest absolute Gasteiger partial charge is 0.130 e. The minimum absolute atomic E-state index is 0.138. The third-order valence-electron chi connectivity index (χ3n) is 3.51. The summed E-state index contributed by atoms with van der Waals surface area (Å²) in [5.41, 5.74) is 3.32. The van der Waals surface area contributed by atoms with E-state index in [4.69, 9.17) is 0 Å². The van der Waals surface area contributed by atoms with Crippen LogP contribution >= 0.6 is 0 Å². The predicted molar refractivity (Wildman–Crippen MR) is 86.6 cm³/mol. The maximum absolute atomic E-state index is 4.44. The quantitative estimate of drug-likeness (QED) is 0.785. The van der Waals surface area contributed by atoms with Crippen molar-refractivity contribution >= 4 is 5.82 Å². The Balaban J connectivity index is 1.68. The molecule has 1 aromatic carbocycles. The van der Waals surface area contributed by atoms with Crippen LogP contribution in [0.15, 0.2) is 55.1 Å². The molecule has 5 nitrogen and oxygen atoms in total. The third kappa shape index (κ3) is 3.49. The molecule has 0 amide bonds.